The van der Waals surface area contributed by atoms with Gasteiger partial charge >= 0.3 is 12.1 Å². The van der Waals surface area contributed by atoms with Crippen LogP contribution in [0.5, 0.6) is 0 Å². The van der Waals surface area contributed by atoms with Crippen LogP contribution in [0.1, 0.15) is 18.4 Å². The smallest absolute Gasteiger partial charge is 0.475 e. The minimum atomic E-state index is -5.08. The molecule has 3 fully saturated rings. The minimum Gasteiger partial charge on any atom is -0.475 e. The van der Waals surface area contributed by atoms with E-state index in [0.717, 1.165) is 38.6 Å². The van der Waals surface area contributed by atoms with Crippen LogP contribution in [-0.2, 0) is 20.9 Å². The third kappa shape index (κ3) is 5.93. The fourth-order valence-corrected chi connectivity index (χ4v) is 4.49. The number of alkyl halides is 3. The van der Waals surface area contributed by atoms with Gasteiger partial charge in [0.15, 0.2) is 0 Å². The number of likely N-dealkylation sites (tertiary alicyclic amines) is 1. The van der Waals surface area contributed by atoms with Gasteiger partial charge < -0.3 is 15.2 Å². The van der Waals surface area contributed by atoms with Gasteiger partial charge in [-0.15, -0.1) is 0 Å². The Labute approximate surface area is 176 Å². The number of hydrogen-bond donors (Lipinski definition) is 2. The molecular formula is C19H26F3N3O4S. The molecule has 7 nitrogen and oxygen atoms in total. The first-order chi connectivity index (χ1) is 14.1. The molecule has 1 saturated carbocycles. The number of ether oxygens (including phenoxy) is 1. The molecule has 168 valence electrons. The van der Waals surface area contributed by atoms with Gasteiger partial charge in [-0.25, -0.2) is 4.79 Å². The minimum absolute atomic E-state index is 0.0601. The Morgan fingerprint density at radius 1 is 1.33 bits per heavy atom. The molecular weight excluding hydrogens is 423 g/mol. The second-order valence-electron chi connectivity index (χ2n) is 8.08. The van der Waals surface area contributed by atoms with Gasteiger partial charge in [-0.3, -0.25) is 14.6 Å². The van der Waals surface area contributed by atoms with Crippen molar-refractivity contribution >= 4 is 23.2 Å². The van der Waals surface area contributed by atoms with Crippen LogP contribution in [0.3, 0.4) is 0 Å². The first kappa shape index (κ1) is 23.0. The first-order valence-corrected chi connectivity index (χ1v) is 10.7. The number of amides is 1. The molecule has 1 unspecified atom stereocenters. The number of nitrogens with zero attached hydrogens (tertiary/aromatic N) is 2. The van der Waals surface area contributed by atoms with Gasteiger partial charge in [0.05, 0.1) is 6.61 Å². The van der Waals surface area contributed by atoms with Crippen LogP contribution in [0.15, 0.2) is 16.8 Å². The number of carboxylic acids is 1. The normalized spacial score (nSPS) is 23.9. The maximum atomic E-state index is 12.1. The number of carbonyl (C=O) groups excluding carboxylic acids is 1. The molecule has 1 spiro atoms. The van der Waals surface area contributed by atoms with Gasteiger partial charge in [0.25, 0.3) is 0 Å². The summed E-state index contributed by atoms with van der Waals surface area (Å²) in [6.07, 6.45) is -2.45. The average molecular weight is 449 g/mol. The average Bonchev–Trinajstić information content (AvgIpc) is 3.32. The van der Waals surface area contributed by atoms with E-state index >= 15 is 0 Å². The molecule has 0 bridgehead atoms. The van der Waals surface area contributed by atoms with Gasteiger partial charge in [-0.05, 0) is 41.1 Å². The quantitative estimate of drug-likeness (QED) is 0.714. The molecule has 0 aromatic carbocycles. The van der Waals surface area contributed by atoms with E-state index < -0.39 is 12.1 Å². The molecule has 2 N–H and O–H groups in total. The van der Waals surface area contributed by atoms with Crippen LogP contribution in [0.2, 0.25) is 0 Å². The Morgan fingerprint density at radius 3 is 2.50 bits per heavy atom. The molecule has 1 atom stereocenters. The number of likely N-dealkylation sites (N-methyl/N-ethyl adjacent to an activating group) is 1. The largest absolute Gasteiger partial charge is 0.490 e. The van der Waals surface area contributed by atoms with Crippen molar-refractivity contribution in [2.75, 3.05) is 39.8 Å². The van der Waals surface area contributed by atoms with E-state index in [9.17, 15) is 18.0 Å². The van der Waals surface area contributed by atoms with Crippen LogP contribution in [0, 0.1) is 5.92 Å². The molecule has 1 amide bonds. The highest BCUT2D eigenvalue weighted by Gasteiger charge is 2.50. The number of thiophene rings is 1. The summed E-state index contributed by atoms with van der Waals surface area (Å²) in [6, 6.07) is 2.08. The summed E-state index contributed by atoms with van der Waals surface area (Å²) in [7, 11) is 1.72. The summed E-state index contributed by atoms with van der Waals surface area (Å²) in [5, 5.41) is 14.3. The van der Waals surface area contributed by atoms with Crippen LogP contribution >= 0.6 is 11.3 Å². The van der Waals surface area contributed by atoms with E-state index in [-0.39, 0.29) is 17.6 Å². The second kappa shape index (κ2) is 9.21. The molecule has 4 rings (SSSR count). The van der Waals surface area contributed by atoms with E-state index in [1.54, 1.807) is 18.4 Å². The molecule has 1 aromatic heterocycles. The van der Waals surface area contributed by atoms with Gasteiger partial charge in [-0.1, -0.05) is 0 Å². The Hall–Kier alpha value is -1.69. The predicted octanol–water partition coefficient (Wildman–Crippen LogP) is 1.79. The van der Waals surface area contributed by atoms with E-state index in [0.29, 0.717) is 6.61 Å². The summed E-state index contributed by atoms with van der Waals surface area (Å²) in [5.41, 5.74) is 1.33. The Bertz CT molecular complexity index is 734. The maximum Gasteiger partial charge on any atom is 0.490 e. The number of rotatable bonds is 5. The van der Waals surface area contributed by atoms with Crippen LogP contribution in [0.25, 0.3) is 0 Å². The third-order valence-electron chi connectivity index (χ3n) is 5.47. The summed E-state index contributed by atoms with van der Waals surface area (Å²) in [4.78, 5) is 25.8. The number of nitrogens with one attached hydrogen (secondary N) is 1. The number of hydrogen-bond acceptors (Lipinski definition) is 6. The molecule has 1 aliphatic carbocycles. The van der Waals surface area contributed by atoms with Crippen molar-refractivity contribution in [3.05, 3.63) is 22.4 Å². The summed E-state index contributed by atoms with van der Waals surface area (Å²) in [5.74, 6) is -1.87. The van der Waals surface area contributed by atoms with E-state index in [1.165, 1.54) is 18.4 Å². The van der Waals surface area contributed by atoms with E-state index in [1.807, 2.05) is 0 Å². The molecule has 11 heteroatoms. The Balaban J connectivity index is 0.000000318. The Kier molecular flexibility index (Phi) is 7.05. The molecule has 3 aliphatic rings. The van der Waals surface area contributed by atoms with E-state index in [2.05, 4.69) is 31.9 Å². The standard InChI is InChI=1S/C17H25N3O2S.C2HF3O2/c1-18-16(21)15-8-22-17(12-20(15)7-13-2-3-13)10-19(11-17)6-14-4-5-23-9-14;3-2(4,5)1(6)7/h4-5,9,13,15H,2-3,6-8,10-12H2,1H3,(H,18,21);(H,6,7). The number of carboxylic acid groups (broad SMARTS) is 1. The molecule has 30 heavy (non-hydrogen) atoms. The van der Waals surface area contributed by atoms with Crippen molar-refractivity contribution in [1.29, 1.82) is 0 Å². The van der Waals surface area contributed by atoms with Crippen molar-refractivity contribution < 1.29 is 32.6 Å². The van der Waals surface area contributed by atoms with Gasteiger partial charge in [0.1, 0.15) is 11.6 Å². The van der Waals surface area contributed by atoms with Crippen molar-refractivity contribution in [2.45, 2.75) is 37.2 Å². The molecule has 0 radical (unpaired) electrons. The lowest BCUT2D eigenvalue weighted by molar-refractivity contribution is -0.203. The fourth-order valence-electron chi connectivity index (χ4n) is 3.83. The van der Waals surface area contributed by atoms with Crippen molar-refractivity contribution in [3.8, 4) is 0 Å². The fraction of sp³-hybridized carbons (Fsp3) is 0.684. The zero-order valence-corrected chi connectivity index (χ0v) is 17.5. The number of halogens is 3. The molecule has 1 aromatic rings. The maximum absolute atomic E-state index is 12.1. The third-order valence-corrected chi connectivity index (χ3v) is 6.20. The van der Waals surface area contributed by atoms with Crippen LogP contribution in [0.4, 0.5) is 13.2 Å². The lowest BCUT2D eigenvalue weighted by Gasteiger charge is -2.55. The van der Waals surface area contributed by atoms with Crippen molar-refractivity contribution in [1.82, 2.24) is 15.1 Å². The van der Waals surface area contributed by atoms with E-state index in [4.69, 9.17) is 14.6 Å². The molecule has 3 heterocycles. The van der Waals surface area contributed by atoms with Crippen molar-refractivity contribution in [3.63, 3.8) is 0 Å². The lowest BCUT2D eigenvalue weighted by Crippen LogP contribution is -2.72. The number of morpholine rings is 1. The zero-order valence-electron chi connectivity index (χ0n) is 16.7. The van der Waals surface area contributed by atoms with Crippen LogP contribution in [-0.4, -0.2) is 84.4 Å². The number of carbonyl (C=O) groups is 2. The van der Waals surface area contributed by atoms with Gasteiger partial charge in [-0.2, -0.15) is 24.5 Å². The predicted molar refractivity (Wildman–Crippen MR) is 104 cm³/mol. The Morgan fingerprint density at radius 2 is 2.00 bits per heavy atom. The van der Waals surface area contributed by atoms with Crippen LogP contribution < -0.4 is 5.32 Å². The van der Waals surface area contributed by atoms with Gasteiger partial charge in [0, 0.05) is 39.8 Å². The number of aliphatic carboxylic acids is 1. The van der Waals surface area contributed by atoms with Crippen molar-refractivity contribution in [2.24, 2.45) is 5.92 Å². The topological polar surface area (TPSA) is 82.1 Å². The lowest BCUT2D eigenvalue weighted by atomic mass is 9.90. The summed E-state index contributed by atoms with van der Waals surface area (Å²) in [6.45, 7) is 5.43. The highest BCUT2D eigenvalue weighted by Crippen LogP contribution is 2.36. The monoisotopic (exact) mass is 449 g/mol. The first-order valence-electron chi connectivity index (χ1n) is 9.75. The molecule has 2 aliphatic heterocycles. The highest BCUT2D eigenvalue weighted by molar-refractivity contribution is 7.07. The highest BCUT2D eigenvalue weighted by atomic mass is 32.1. The summed E-state index contributed by atoms with van der Waals surface area (Å²) >= 11 is 1.75. The zero-order chi connectivity index (χ0) is 21.9. The van der Waals surface area contributed by atoms with Gasteiger partial charge in [0.2, 0.25) is 5.91 Å². The second-order valence-corrected chi connectivity index (χ2v) is 8.86. The SMILES string of the molecule is CNC(=O)C1COC2(CN(Cc3ccsc3)C2)CN1CC1CC1.O=C(O)C(F)(F)F. The summed E-state index contributed by atoms with van der Waals surface area (Å²) < 4.78 is 37.9. The molecule has 2 saturated heterocycles.